The number of primary sulfonamides is 1. The third kappa shape index (κ3) is 6.57. The van der Waals surface area contributed by atoms with Crippen LogP contribution in [0.3, 0.4) is 0 Å². The van der Waals surface area contributed by atoms with E-state index in [1.807, 2.05) is 36.4 Å². The summed E-state index contributed by atoms with van der Waals surface area (Å²) in [4.78, 5) is 12.4. The van der Waals surface area contributed by atoms with Gasteiger partial charge < -0.3 is 10.1 Å². The molecule has 0 aromatic heterocycles. The zero-order chi connectivity index (χ0) is 24.0. The minimum absolute atomic E-state index is 0.101. The van der Waals surface area contributed by atoms with E-state index in [4.69, 9.17) is 33.1 Å². The summed E-state index contributed by atoms with van der Waals surface area (Å²) in [5, 5.41) is 17.4. The average Bonchev–Trinajstić information content (AvgIpc) is 2.77. The smallest absolute Gasteiger partial charge is 0.266 e. The standard InChI is InChI=1S/C23H17Cl2N3O4S/c24-20-11-16(12-21(25)22(20)32-14-15-4-2-1-3-5-15)10-17(13-26)23(29)28-18-6-8-19(9-7-18)33(27,30)31/h1-12H,14H2,(H,28,29)(H2,27,30,31)/b17-10-. The fourth-order valence-electron chi connectivity index (χ4n) is 2.77. The molecule has 0 saturated heterocycles. The fraction of sp³-hybridized carbons (Fsp3) is 0.0435. The number of hydrogen-bond acceptors (Lipinski definition) is 5. The fourth-order valence-corrected chi connectivity index (χ4v) is 3.90. The molecule has 168 valence electrons. The van der Waals surface area contributed by atoms with Gasteiger partial charge in [-0.3, -0.25) is 4.79 Å². The summed E-state index contributed by atoms with van der Waals surface area (Å²) in [6.45, 7) is 0.269. The second-order valence-corrected chi connectivity index (χ2v) is 9.16. The molecule has 7 nitrogen and oxygen atoms in total. The second-order valence-electron chi connectivity index (χ2n) is 6.78. The van der Waals surface area contributed by atoms with Crippen molar-refractivity contribution in [2.24, 2.45) is 5.14 Å². The number of nitrogens with two attached hydrogens (primary N) is 1. The van der Waals surface area contributed by atoms with E-state index in [0.29, 0.717) is 5.56 Å². The van der Waals surface area contributed by atoms with E-state index in [1.165, 1.54) is 42.5 Å². The average molecular weight is 502 g/mol. The molecule has 0 bridgehead atoms. The Kier molecular flexibility index (Phi) is 7.74. The van der Waals surface area contributed by atoms with Gasteiger partial charge in [-0.25, -0.2) is 13.6 Å². The van der Waals surface area contributed by atoms with Gasteiger partial charge in [0.05, 0.1) is 14.9 Å². The van der Waals surface area contributed by atoms with Crippen LogP contribution in [-0.4, -0.2) is 14.3 Å². The van der Waals surface area contributed by atoms with Crippen molar-refractivity contribution >= 4 is 50.9 Å². The van der Waals surface area contributed by atoms with Crippen LogP contribution in [-0.2, 0) is 21.4 Å². The lowest BCUT2D eigenvalue weighted by Crippen LogP contribution is -2.14. The van der Waals surface area contributed by atoms with Gasteiger partial charge in [0.15, 0.2) is 5.75 Å². The Hall–Kier alpha value is -3.35. The van der Waals surface area contributed by atoms with E-state index >= 15 is 0 Å². The molecule has 0 aliphatic rings. The highest BCUT2D eigenvalue weighted by Crippen LogP contribution is 2.35. The number of carbonyl (C=O) groups excluding carboxylic acids is 1. The highest BCUT2D eigenvalue weighted by atomic mass is 35.5. The van der Waals surface area contributed by atoms with Gasteiger partial charge in [0.1, 0.15) is 18.2 Å². The van der Waals surface area contributed by atoms with Crippen LogP contribution >= 0.6 is 23.2 Å². The van der Waals surface area contributed by atoms with E-state index in [-0.39, 0.29) is 38.6 Å². The van der Waals surface area contributed by atoms with E-state index in [1.54, 1.807) is 0 Å². The molecule has 0 spiro atoms. The highest BCUT2D eigenvalue weighted by molar-refractivity contribution is 7.89. The Morgan fingerprint density at radius 2 is 1.67 bits per heavy atom. The molecule has 0 unspecified atom stereocenters. The molecule has 3 aromatic carbocycles. The number of nitrogens with one attached hydrogen (secondary N) is 1. The first kappa shape index (κ1) is 24.3. The van der Waals surface area contributed by atoms with Crippen molar-refractivity contribution in [3.8, 4) is 11.8 Å². The predicted molar refractivity (Wildman–Crippen MR) is 127 cm³/mol. The van der Waals surface area contributed by atoms with Gasteiger partial charge in [-0.05, 0) is 53.6 Å². The maximum Gasteiger partial charge on any atom is 0.266 e. The zero-order valence-corrected chi connectivity index (χ0v) is 19.3. The number of benzene rings is 3. The summed E-state index contributed by atoms with van der Waals surface area (Å²) < 4.78 is 28.4. The molecule has 3 aromatic rings. The number of anilines is 1. The predicted octanol–water partition coefficient (Wildman–Crippen LogP) is 4.77. The van der Waals surface area contributed by atoms with Crippen LogP contribution in [0.15, 0.2) is 77.2 Å². The summed E-state index contributed by atoms with van der Waals surface area (Å²) in [7, 11) is -3.85. The van der Waals surface area contributed by atoms with Crippen molar-refractivity contribution in [2.75, 3.05) is 5.32 Å². The largest absolute Gasteiger partial charge is 0.486 e. The van der Waals surface area contributed by atoms with Crippen LogP contribution in [0.5, 0.6) is 5.75 Å². The van der Waals surface area contributed by atoms with Gasteiger partial charge in [0.2, 0.25) is 10.0 Å². The number of carbonyl (C=O) groups is 1. The summed E-state index contributed by atoms with van der Waals surface area (Å²) in [5.74, 6) is -0.408. The minimum Gasteiger partial charge on any atom is -0.486 e. The van der Waals surface area contributed by atoms with E-state index in [2.05, 4.69) is 5.32 Å². The molecule has 0 aliphatic heterocycles. The number of ether oxygens (including phenoxy) is 1. The molecule has 10 heteroatoms. The number of hydrogen-bond donors (Lipinski definition) is 2. The monoisotopic (exact) mass is 501 g/mol. The lowest BCUT2D eigenvalue weighted by Gasteiger charge is -2.11. The summed E-state index contributed by atoms with van der Waals surface area (Å²) >= 11 is 12.6. The number of sulfonamides is 1. The van der Waals surface area contributed by atoms with E-state index in [0.717, 1.165) is 5.56 Å². The molecular formula is C23H17Cl2N3O4S. The normalized spacial score (nSPS) is 11.5. The van der Waals surface area contributed by atoms with Crippen molar-refractivity contribution in [1.29, 1.82) is 5.26 Å². The van der Waals surface area contributed by atoms with Crippen LogP contribution in [0.4, 0.5) is 5.69 Å². The molecule has 3 N–H and O–H groups in total. The van der Waals surface area contributed by atoms with E-state index < -0.39 is 15.9 Å². The first-order valence-electron chi connectivity index (χ1n) is 9.39. The Labute approximate surface area is 201 Å². The van der Waals surface area contributed by atoms with Gasteiger partial charge in [0.25, 0.3) is 5.91 Å². The second kappa shape index (κ2) is 10.5. The summed E-state index contributed by atoms with van der Waals surface area (Å²) in [6, 6.07) is 19.6. The van der Waals surface area contributed by atoms with Crippen molar-refractivity contribution in [3.63, 3.8) is 0 Å². The molecule has 0 fully saturated rings. The lowest BCUT2D eigenvalue weighted by atomic mass is 10.1. The number of nitrogens with zero attached hydrogens (tertiary/aromatic N) is 1. The quantitative estimate of drug-likeness (QED) is 0.356. The SMILES string of the molecule is N#C/C(=C/c1cc(Cl)c(OCc2ccccc2)c(Cl)c1)C(=O)Nc1ccc(S(N)(=O)=O)cc1. The van der Waals surface area contributed by atoms with Crippen LogP contribution < -0.4 is 15.2 Å². The van der Waals surface area contributed by atoms with Crippen molar-refractivity contribution in [3.05, 3.63) is 93.5 Å². The van der Waals surface area contributed by atoms with Crippen LogP contribution in [0, 0.1) is 11.3 Å². The third-order valence-electron chi connectivity index (χ3n) is 4.36. The molecule has 0 heterocycles. The van der Waals surface area contributed by atoms with Gasteiger partial charge in [-0.1, -0.05) is 53.5 Å². The van der Waals surface area contributed by atoms with Crippen LogP contribution in [0.2, 0.25) is 10.0 Å². The number of amides is 1. The third-order valence-corrected chi connectivity index (χ3v) is 5.85. The van der Waals surface area contributed by atoms with Gasteiger partial charge in [-0.15, -0.1) is 0 Å². The minimum atomic E-state index is -3.85. The van der Waals surface area contributed by atoms with Crippen LogP contribution in [0.25, 0.3) is 6.08 Å². The Balaban J connectivity index is 1.76. The molecule has 1 amide bonds. The maximum atomic E-state index is 12.5. The van der Waals surface area contributed by atoms with E-state index in [9.17, 15) is 18.5 Å². The Morgan fingerprint density at radius 3 is 2.21 bits per heavy atom. The summed E-state index contributed by atoms with van der Waals surface area (Å²) in [6.07, 6.45) is 1.33. The molecular weight excluding hydrogens is 485 g/mol. The molecule has 3 rings (SSSR count). The molecule has 0 aliphatic carbocycles. The lowest BCUT2D eigenvalue weighted by molar-refractivity contribution is -0.112. The van der Waals surface area contributed by atoms with Crippen molar-refractivity contribution < 1.29 is 17.9 Å². The van der Waals surface area contributed by atoms with Crippen LogP contribution in [0.1, 0.15) is 11.1 Å². The molecule has 0 saturated carbocycles. The molecule has 0 radical (unpaired) electrons. The zero-order valence-electron chi connectivity index (χ0n) is 17.0. The van der Waals surface area contributed by atoms with Gasteiger partial charge in [-0.2, -0.15) is 5.26 Å². The van der Waals surface area contributed by atoms with Gasteiger partial charge >= 0.3 is 0 Å². The molecule has 33 heavy (non-hydrogen) atoms. The maximum absolute atomic E-state index is 12.5. The number of nitriles is 1. The number of halogens is 2. The highest BCUT2D eigenvalue weighted by Gasteiger charge is 2.14. The molecule has 0 atom stereocenters. The Morgan fingerprint density at radius 1 is 1.06 bits per heavy atom. The van der Waals surface area contributed by atoms with Crippen molar-refractivity contribution in [1.82, 2.24) is 0 Å². The van der Waals surface area contributed by atoms with Gasteiger partial charge in [0, 0.05) is 5.69 Å². The first-order valence-corrected chi connectivity index (χ1v) is 11.7. The first-order chi connectivity index (χ1) is 15.7. The topological polar surface area (TPSA) is 122 Å². The summed E-state index contributed by atoms with van der Waals surface area (Å²) in [5.41, 5.74) is 1.44. The van der Waals surface area contributed by atoms with Crippen molar-refractivity contribution in [2.45, 2.75) is 11.5 Å². The Bertz CT molecular complexity index is 1330. The number of rotatable bonds is 7.